The smallest absolute Gasteiger partial charge is 0.184 e. The molecule has 0 aromatic carbocycles. The van der Waals surface area contributed by atoms with Crippen molar-refractivity contribution in [2.45, 2.75) is 0 Å². The summed E-state index contributed by atoms with van der Waals surface area (Å²) in [5, 5.41) is 4.78. The number of anilines is 2. The second-order valence-corrected chi connectivity index (χ2v) is 4.18. The third-order valence-corrected chi connectivity index (χ3v) is 3.33. The van der Waals surface area contributed by atoms with Gasteiger partial charge in [-0.2, -0.15) is 0 Å². The predicted octanol–water partition coefficient (Wildman–Crippen LogP) is 1.98. The van der Waals surface area contributed by atoms with Crippen LogP contribution in [-0.4, -0.2) is 12.0 Å². The van der Waals surface area contributed by atoms with Crippen LogP contribution in [0.2, 0.25) is 0 Å². The van der Waals surface area contributed by atoms with E-state index in [9.17, 15) is 0 Å². The van der Waals surface area contributed by atoms with Crippen molar-refractivity contribution >= 4 is 42.3 Å². The molecule has 3 nitrogen and oxygen atoms in total. The van der Waals surface area contributed by atoms with Crippen LogP contribution in [0.4, 0.5) is 10.1 Å². The van der Waals surface area contributed by atoms with Crippen LogP contribution in [0.25, 0.3) is 9.53 Å². The summed E-state index contributed by atoms with van der Waals surface area (Å²) in [5.74, 6) is 0. The Kier molecular flexibility index (Phi) is 1.47. The first-order chi connectivity index (χ1) is 5.29. The molecule has 0 aliphatic rings. The van der Waals surface area contributed by atoms with E-state index in [1.807, 2.05) is 13.1 Å². The van der Waals surface area contributed by atoms with Gasteiger partial charge in [0.25, 0.3) is 0 Å². The molecule has 2 aromatic heterocycles. The summed E-state index contributed by atoms with van der Waals surface area (Å²) < 4.78 is 1.16. The molecule has 2 rings (SSSR count). The molecule has 0 radical (unpaired) electrons. The average molecular weight is 185 g/mol. The maximum absolute atomic E-state index is 5.59. The van der Waals surface area contributed by atoms with E-state index in [-0.39, 0.29) is 0 Å². The summed E-state index contributed by atoms with van der Waals surface area (Å²) in [4.78, 5) is 5.32. The summed E-state index contributed by atoms with van der Waals surface area (Å²) in [6, 6.07) is 1.96. The van der Waals surface area contributed by atoms with Gasteiger partial charge in [0, 0.05) is 7.05 Å². The molecule has 0 saturated heterocycles. The van der Waals surface area contributed by atoms with Gasteiger partial charge in [-0.15, -0.1) is 0 Å². The number of nitrogens with two attached hydrogens (primary N) is 1. The van der Waals surface area contributed by atoms with Crippen LogP contribution >= 0.6 is 22.7 Å². The highest BCUT2D eigenvalue weighted by molar-refractivity contribution is 7.30. The van der Waals surface area contributed by atoms with Crippen LogP contribution in [0.3, 0.4) is 0 Å². The van der Waals surface area contributed by atoms with Gasteiger partial charge < -0.3 is 11.1 Å². The van der Waals surface area contributed by atoms with Crippen molar-refractivity contribution in [3.8, 4) is 0 Å². The molecular formula is C6H7N3S2. The fourth-order valence-corrected chi connectivity index (χ4v) is 2.70. The number of hydrogen-bond donors (Lipinski definition) is 2. The lowest BCUT2D eigenvalue weighted by Crippen LogP contribution is -1.83. The highest BCUT2D eigenvalue weighted by atomic mass is 32.1. The zero-order valence-corrected chi connectivity index (χ0v) is 7.55. The van der Waals surface area contributed by atoms with Crippen molar-refractivity contribution in [3.63, 3.8) is 0 Å². The van der Waals surface area contributed by atoms with Crippen molar-refractivity contribution in [3.05, 3.63) is 6.07 Å². The Morgan fingerprint density at radius 2 is 2.36 bits per heavy atom. The summed E-state index contributed by atoms with van der Waals surface area (Å²) >= 11 is 3.15. The zero-order chi connectivity index (χ0) is 7.84. The van der Waals surface area contributed by atoms with Gasteiger partial charge in [-0.1, -0.05) is 22.7 Å². The molecule has 58 valence electrons. The first-order valence-electron chi connectivity index (χ1n) is 3.13. The molecule has 0 aliphatic carbocycles. The van der Waals surface area contributed by atoms with E-state index >= 15 is 0 Å². The van der Waals surface area contributed by atoms with E-state index in [0.29, 0.717) is 0 Å². The maximum atomic E-state index is 5.59. The van der Waals surface area contributed by atoms with Crippen molar-refractivity contribution in [2.24, 2.45) is 0 Å². The number of aromatic nitrogens is 1. The lowest BCUT2D eigenvalue weighted by atomic mass is 10.6. The van der Waals surface area contributed by atoms with Crippen LogP contribution < -0.4 is 11.1 Å². The fourth-order valence-electron chi connectivity index (χ4n) is 0.860. The quantitative estimate of drug-likeness (QED) is 0.714. The number of nitrogens with zero attached hydrogens (tertiary/aromatic N) is 1. The Morgan fingerprint density at radius 3 is 3.00 bits per heavy atom. The summed E-state index contributed by atoms with van der Waals surface area (Å²) in [6.07, 6.45) is 0. The van der Waals surface area contributed by atoms with Crippen LogP contribution in [0.5, 0.6) is 0 Å². The van der Waals surface area contributed by atoms with Gasteiger partial charge in [0.05, 0.1) is 9.70 Å². The molecule has 0 fully saturated rings. The van der Waals surface area contributed by atoms with Gasteiger partial charge in [-0.3, -0.25) is 0 Å². The molecule has 2 aromatic rings. The Hall–Kier alpha value is -0.810. The second-order valence-electron chi connectivity index (χ2n) is 2.09. The largest absolute Gasteiger partial charge is 0.390 e. The first-order valence-corrected chi connectivity index (χ1v) is 4.76. The lowest BCUT2D eigenvalue weighted by molar-refractivity contribution is 1.43. The number of rotatable bonds is 1. The van der Waals surface area contributed by atoms with Crippen molar-refractivity contribution in [1.29, 1.82) is 0 Å². The molecule has 11 heavy (non-hydrogen) atoms. The van der Waals surface area contributed by atoms with Crippen LogP contribution in [0.15, 0.2) is 6.07 Å². The first kappa shape index (κ1) is 6.87. The van der Waals surface area contributed by atoms with Crippen molar-refractivity contribution in [1.82, 2.24) is 4.98 Å². The third-order valence-electron chi connectivity index (χ3n) is 1.32. The normalized spacial score (nSPS) is 10.6. The van der Waals surface area contributed by atoms with Gasteiger partial charge in [0.1, 0.15) is 4.83 Å². The highest BCUT2D eigenvalue weighted by Gasteiger charge is 2.04. The summed E-state index contributed by atoms with van der Waals surface area (Å²) in [7, 11) is 1.87. The molecule has 0 amide bonds. The van der Waals surface area contributed by atoms with Crippen molar-refractivity contribution in [2.75, 3.05) is 18.1 Å². The van der Waals surface area contributed by atoms with Crippen LogP contribution in [0.1, 0.15) is 0 Å². The Bertz CT molecular complexity index is 344. The molecule has 0 aliphatic heterocycles. The number of thiazole rings is 1. The van der Waals surface area contributed by atoms with E-state index in [1.54, 1.807) is 11.3 Å². The number of nitrogens with one attached hydrogen (secondary N) is 1. The molecule has 0 spiro atoms. The van der Waals surface area contributed by atoms with E-state index in [0.717, 1.165) is 19.7 Å². The van der Waals surface area contributed by atoms with E-state index in [4.69, 9.17) is 5.73 Å². The molecule has 0 saturated carbocycles. The minimum Gasteiger partial charge on any atom is -0.390 e. The van der Waals surface area contributed by atoms with Crippen molar-refractivity contribution < 1.29 is 0 Å². The van der Waals surface area contributed by atoms with Crippen LogP contribution in [0, 0.1) is 0 Å². The maximum Gasteiger partial charge on any atom is 0.184 e. The molecular weight excluding hydrogens is 178 g/mol. The predicted molar refractivity (Wildman–Crippen MR) is 51.5 cm³/mol. The Balaban J connectivity index is 2.64. The SMILES string of the molecule is CNc1nc2sc(N)cc2s1. The molecule has 0 bridgehead atoms. The lowest BCUT2D eigenvalue weighted by Gasteiger charge is -1.85. The van der Waals surface area contributed by atoms with E-state index in [2.05, 4.69) is 10.3 Å². The van der Waals surface area contributed by atoms with E-state index < -0.39 is 0 Å². The average Bonchev–Trinajstić information content (AvgIpc) is 2.43. The van der Waals surface area contributed by atoms with Gasteiger partial charge >= 0.3 is 0 Å². The van der Waals surface area contributed by atoms with Gasteiger partial charge in [-0.25, -0.2) is 4.98 Å². The Labute approximate surface area is 71.9 Å². The van der Waals surface area contributed by atoms with Gasteiger partial charge in [0.2, 0.25) is 0 Å². The second kappa shape index (κ2) is 2.35. The number of hydrogen-bond acceptors (Lipinski definition) is 5. The monoisotopic (exact) mass is 185 g/mol. The minimum absolute atomic E-state index is 0.835. The van der Waals surface area contributed by atoms with E-state index in [1.165, 1.54) is 11.3 Å². The standard InChI is InChI=1S/C6H7N3S2/c1-8-6-9-5-3(10-6)2-4(7)11-5/h2H,7H2,1H3,(H,8,9). The van der Waals surface area contributed by atoms with Gasteiger partial charge in [-0.05, 0) is 6.07 Å². The molecule has 2 heterocycles. The topological polar surface area (TPSA) is 50.9 Å². The van der Waals surface area contributed by atoms with Crippen LogP contribution in [-0.2, 0) is 0 Å². The van der Waals surface area contributed by atoms with Gasteiger partial charge in [0.15, 0.2) is 5.13 Å². The molecule has 3 N–H and O–H groups in total. The Morgan fingerprint density at radius 1 is 1.55 bits per heavy atom. The third kappa shape index (κ3) is 1.06. The zero-order valence-electron chi connectivity index (χ0n) is 5.92. The minimum atomic E-state index is 0.835. The molecule has 5 heteroatoms. The number of nitrogen functional groups attached to an aromatic ring is 1. The summed E-state index contributed by atoms with van der Waals surface area (Å²) in [5.41, 5.74) is 5.59. The highest BCUT2D eigenvalue weighted by Crippen LogP contribution is 2.33. The molecule has 0 atom stereocenters. The summed E-state index contributed by atoms with van der Waals surface area (Å²) in [6.45, 7) is 0. The fraction of sp³-hybridized carbons (Fsp3) is 0.167. The number of thiophene rings is 1. The molecule has 0 unspecified atom stereocenters. The number of fused-ring (bicyclic) bond motifs is 1.